The molecule has 42 valence electrons. The Bertz CT molecular complexity index is 171. The topological polar surface area (TPSA) is 36.7 Å². The summed E-state index contributed by atoms with van der Waals surface area (Å²) in [6.45, 7) is 1.94. The number of nitrogens with one attached hydrogen (secondary N) is 1. The quantitative estimate of drug-likeness (QED) is 0.418. The van der Waals surface area contributed by atoms with E-state index in [4.69, 9.17) is 5.73 Å². The van der Waals surface area contributed by atoms with Crippen LogP contribution in [-0.2, 0) is 0 Å². The molecular formula is C6H7N2Na. The van der Waals surface area contributed by atoms with Crippen LogP contribution in [0.2, 0.25) is 0 Å². The summed E-state index contributed by atoms with van der Waals surface area (Å²) in [7, 11) is 0. The van der Waals surface area contributed by atoms with E-state index in [1.807, 2.05) is 13.0 Å². The first-order valence-corrected chi connectivity index (χ1v) is 2.43. The van der Waals surface area contributed by atoms with E-state index in [0.29, 0.717) is 5.82 Å². The average Bonchev–Trinajstić information content (AvgIpc) is 1.64. The number of pyridine rings is 1. The minimum atomic E-state index is 0. The molecule has 0 unspecified atom stereocenters. The van der Waals surface area contributed by atoms with Gasteiger partial charge in [-0.3, -0.25) is 0 Å². The van der Waals surface area contributed by atoms with Crippen LogP contribution in [-0.4, -0.2) is 4.98 Å². The molecule has 0 aliphatic rings. The van der Waals surface area contributed by atoms with Gasteiger partial charge in [-0.1, -0.05) is 29.7 Å². The van der Waals surface area contributed by atoms with E-state index in [1.165, 1.54) is 0 Å². The fourth-order valence-electron chi connectivity index (χ4n) is 0.536. The Morgan fingerprint density at radius 2 is 2.22 bits per heavy atom. The Balaban J connectivity index is 0.000000640. The molecule has 0 aromatic carbocycles. The molecule has 0 amide bonds. The van der Waals surface area contributed by atoms with Gasteiger partial charge >= 0.3 is 29.6 Å². The predicted molar refractivity (Wildman–Crippen MR) is 33.0 cm³/mol. The Morgan fingerprint density at radius 3 is 2.56 bits per heavy atom. The van der Waals surface area contributed by atoms with Crippen LogP contribution in [0.3, 0.4) is 0 Å². The maximum Gasteiger partial charge on any atom is 1.00 e. The fraction of sp³-hybridized carbons (Fsp3) is 0.167. The van der Waals surface area contributed by atoms with Gasteiger partial charge in [0.15, 0.2) is 0 Å². The monoisotopic (exact) mass is 130 g/mol. The van der Waals surface area contributed by atoms with Crippen molar-refractivity contribution in [2.75, 3.05) is 0 Å². The van der Waals surface area contributed by atoms with Crippen LogP contribution in [0, 0.1) is 6.92 Å². The Kier molecular flexibility index (Phi) is 3.86. The van der Waals surface area contributed by atoms with Gasteiger partial charge in [-0.2, -0.15) is 0 Å². The molecule has 3 heteroatoms. The van der Waals surface area contributed by atoms with Crippen LogP contribution in [0.1, 0.15) is 5.56 Å². The van der Waals surface area contributed by atoms with E-state index >= 15 is 0 Å². The van der Waals surface area contributed by atoms with Crippen LogP contribution in [0.15, 0.2) is 18.3 Å². The van der Waals surface area contributed by atoms with Crippen molar-refractivity contribution < 1.29 is 29.6 Å². The van der Waals surface area contributed by atoms with Gasteiger partial charge in [-0.25, -0.2) is 0 Å². The molecule has 0 bridgehead atoms. The van der Waals surface area contributed by atoms with Crippen molar-refractivity contribution >= 4 is 5.82 Å². The van der Waals surface area contributed by atoms with Crippen molar-refractivity contribution in [1.82, 2.24) is 4.98 Å². The van der Waals surface area contributed by atoms with Gasteiger partial charge < -0.3 is 10.7 Å². The summed E-state index contributed by atoms with van der Waals surface area (Å²) in [5, 5.41) is 0. The Hall–Kier alpha value is -0.0500. The van der Waals surface area contributed by atoms with E-state index in [9.17, 15) is 0 Å². The molecule has 9 heavy (non-hydrogen) atoms. The van der Waals surface area contributed by atoms with Gasteiger partial charge in [0.05, 0.1) is 0 Å². The molecule has 0 fully saturated rings. The number of rotatable bonds is 0. The van der Waals surface area contributed by atoms with E-state index in [2.05, 4.69) is 4.98 Å². The maximum absolute atomic E-state index is 7.02. The molecule has 0 saturated carbocycles. The van der Waals surface area contributed by atoms with Crippen molar-refractivity contribution in [3.8, 4) is 0 Å². The molecule has 0 saturated heterocycles. The molecule has 1 aromatic heterocycles. The minimum absolute atomic E-state index is 0. The third-order valence-corrected chi connectivity index (χ3v) is 0.915. The second kappa shape index (κ2) is 3.88. The van der Waals surface area contributed by atoms with Crippen LogP contribution in [0.4, 0.5) is 5.82 Å². The van der Waals surface area contributed by atoms with E-state index in [0.717, 1.165) is 5.56 Å². The second-order valence-corrected chi connectivity index (χ2v) is 1.72. The number of hydrogen-bond acceptors (Lipinski definition) is 1. The van der Waals surface area contributed by atoms with Gasteiger partial charge in [0, 0.05) is 0 Å². The van der Waals surface area contributed by atoms with Gasteiger partial charge in [-0.15, -0.1) is 0 Å². The Morgan fingerprint density at radius 1 is 1.56 bits per heavy atom. The molecule has 0 atom stereocenters. The smallest absolute Gasteiger partial charge is 0.482 e. The zero-order valence-electron chi connectivity index (χ0n) is 5.68. The minimum Gasteiger partial charge on any atom is -0.482 e. The molecule has 1 heterocycles. The molecule has 0 radical (unpaired) electrons. The van der Waals surface area contributed by atoms with Crippen LogP contribution in [0.5, 0.6) is 0 Å². The number of aromatic nitrogens is 1. The van der Waals surface area contributed by atoms with E-state index in [-0.39, 0.29) is 29.6 Å². The fourth-order valence-corrected chi connectivity index (χ4v) is 0.536. The molecule has 2 nitrogen and oxygen atoms in total. The van der Waals surface area contributed by atoms with Crippen molar-refractivity contribution in [2.45, 2.75) is 6.92 Å². The SMILES string of the molecule is Cc1ccnc([NH-])c1.[Na+]. The summed E-state index contributed by atoms with van der Waals surface area (Å²) in [6, 6.07) is 3.60. The number of aryl methyl sites for hydroxylation is 1. The number of nitrogens with zero attached hydrogens (tertiary/aromatic N) is 1. The summed E-state index contributed by atoms with van der Waals surface area (Å²) < 4.78 is 0. The van der Waals surface area contributed by atoms with E-state index in [1.54, 1.807) is 12.3 Å². The first-order chi connectivity index (χ1) is 3.79. The third-order valence-electron chi connectivity index (χ3n) is 0.915. The maximum atomic E-state index is 7.02. The predicted octanol–water partition coefficient (Wildman–Crippen LogP) is -0.922. The molecule has 1 N–H and O–H groups in total. The Labute approximate surface area is 76.8 Å². The summed E-state index contributed by atoms with van der Waals surface area (Å²) in [4.78, 5) is 3.71. The summed E-state index contributed by atoms with van der Waals surface area (Å²) in [5.41, 5.74) is 8.11. The normalized spacial score (nSPS) is 8.11. The molecular weight excluding hydrogens is 123 g/mol. The van der Waals surface area contributed by atoms with Crippen LogP contribution in [0.25, 0.3) is 5.73 Å². The molecule has 0 aliphatic carbocycles. The van der Waals surface area contributed by atoms with Crippen molar-refractivity contribution in [3.63, 3.8) is 0 Å². The zero-order valence-corrected chi connectivity index (χ0v) is 7.68. The van der Waals surface area contributed by atoms with Crippen molar-refractivity contribution in [2.24, 2.45) is 0 Å². The zero-order chi connectivity index (χ0) is 5.98. The van der Waals surface area contributed by atoms with Gasteiger partial charge in [0.1, 0.15) is 0 Å². The molecule has 0 aliphatic heterocycles. The van der Waals surface area contributed by atoms with Gasteiger partial charge in [0.2, 0.25) is 0 Å². The van der Waals surface area contributed by atoms with Crippen molar-refractivity contribution in [1.29, 1.82) is 0 Å². The second-order valence-electron chi connectivity index (χ2n) is 1.72. The average molecular weight is 130 g/mol. The standard InChI is InChI=1S/C6H7N2.Na/c1-5-2-3-8-6(7)4-5;/h2-4H,1H3,(H-,7,8);/q-1;+1. The first kappa shape index (κ1) is 8.95. The van der Waals surface area contributed by atoms with Crippen LogP contribution < -0.4 is 29.6 Å². The molecule has 0 spiro atoms. The van der Waals surface area contributed by atoms with E-state index < -0.39 is 0 Å². The van der Waals surface area contributed by atoms with Gasteiger partial charge in [-0.05, 0) is 6.92 Å². The first-order valence-electron chi connectivity index (χ1n) is 2.43. The number of hydrogen-bond donors (Lipinski definition) is 0. The van der Waals surface area contributed by atoms with Crippen molar-refractivity contribution in [3.05, 3.63) is 29.6 Å². The molecule has 1 aromatic rings. The summed E-state index contributed by atoms with van der Waals surface area (Å²) in [6.07, 6.45) is 1.64. The van der Waals surface area contributed by atoms with Gasteiger partial charge in [0.25, 0.3) is 0 Å². The third kappa shape index (κ3) is 2.84. The largest absolute Gasteiger partial charge is 1.00 e. The summed E-state index contributed by atoms with van der Waals surface area (Å²) >= 11 is 0. The molecule has 1 rings (SSSR count). The van der Waals surface area contributed by atoms with Crippen LogP contribution >= 0.6 is 0 Å². The summed E-state index contributed by atoms with van der Waals surface area (Å²) in [5.74, 6) is 0.338.